The van der Waals surface area contributed by atoms with Crippen molar-refractivity contribution in [1.82, 2.24) is 0 Å². The van der Waals surface area contributed by atoms with Crippen molar-refractivity contribution in [3.8, 4) is 5.75 Å². The number of allylic oxidation sites excluding steroid dienone is 2. The predicted molar refractivity (Wildman–Crippen MR) is 125 cm³/mol. The highest BCUT2D eigenvalue weighted by molar-refractivity contribution is 5.85. The van der Waals surface area contributed by atoms with Gasteiger partial charge in [0.25, 0.3) is 0 Å². The lowest BCUT2D eigenvalue weighted by molar-refractivity contribution is 0.171. The monoisotopic (exact) mass is 406 g/mol. The SMILES string of the molecule is C=CCOc1ccc2cc(C3CCC(C4CCC(/C=C/C)CC4)CC3)ccc2c1F. The molecule has 30 heavy (non-hydrogen) atoms. The highest BCUT2D eigenvalue weighted by Crippen LogP contribution is 2.44. The molecule has 0 aliphatic heterocycles. The van der Waals surface area contributed by atoms with Gasteiger partial charge in [0.15, 0.2) is 11.6 Å². The van der Waals surface area contributed by atoms with E-state index in [1.165, 1.54) is 56.9 Å². The zero-order valence-corrected chi connectivity index (χ0v) is 18.3. The average molecular weight is 407 g/mol. The Morgan fingerprint density at radius 1 is 0.967 bits per heavy atom. The van der Waals surface area contributed by atoms with E-state index in [1.807, 2.05) is 12.1 Å². The van der Waals surface area contributed by atoms with Gasteiger partial charge in [0.2, 0.25) is 0 Å². The molecule has 2 aromatic rings. The van der Waals surface area contributed by atoms with Crippen LogP contribution in [0.25, 0.3) is 10.8 Å². The Bertz CT molecular complexity index is 883. The molecule has 160 valence electrons. The minimum atomic E-state index is -0.266. The Balaban J connectivity index is 1.38. The van der Waals surface area contributed by atoms with Crippen LogP contribution in [0.4, 0.5) is 4.39 Å². The van der Waals surface area contributed by atoms with Crippen molar-refractivity contribution in [3.05, 3.63) is 66.5 Å². The van der Waals surface area contributed by atoms with Crippen LogP contribution in [0.3, 0.4) is 0 Å². The first-order valence-corrected chi connectivity index (χ1v) is 11.8. The largest absolute Gasteiger partial charge is 0.486 e. The van der Waals surface area contributed by atoms with Crippen LogP contribution in [0.15, 0.2) is 55.1 Å². The molecule has 0 unspecified atom stereocenters. The van der Waals surface area contributed by atoms with Crippen molar-refractivity contribution >= 4 is 10.8 Å². The van der Waals surface area contributed by atoms with Crippen LogP contribution < -0.4 is 4.74 Å². The summed E-state index contributed by atoms with van der Waals surface area (Å²) in [7, 11) is 0. The van der Waals surface area contributed by atoms with Gasteiger partial charge in [-0.2, -0.15) is 0 Å². The molecule has 0 bridgehead atoms. The van der Waals surface area contributed by atoms with Gasteiger partial charge in [-0.15, -0.1) is 0 Å². The smallest absolute Gasteiger partial charge is 0.172 e. The Labute approximate surface area is 181 Å². The number of benzene rings is 2. The number of hydrogen-bond acceptors (Lipinski definition) is 1. The molecule has 2 aromatic carbocycles. The predicted octanol–water partition coefficient (Wildman–Crippen LogP) is 8.20. The molecule has 0 saturated heterocycles. The average Bonchev–Trinajstić information content (AvgIpc) is 2.79. The van der Waals surface area contributed by atoms with Gasteiger partial charge in [0, 0.05) is 5.39 Å². The van der Waals surface area contributed by atoms with Crippen molar-refractivity contribution < 1.29 is 9.13 Å². The van der Waals surface area contributed by atoms with Crippen molar-refractivity contribution in [3.63, 3.8) is 0 Å². The minimum Gasteiger partial charge on any atom is -0.486 e. The zero-order valence-electron chi connectivity index (χ0n) is 18.3. The standard InChI is InChI=1S/C28H35FO/c1-3-5-20-6-8-21(9-7-20)22-10-12-23(13-11-22)24-14-16-26-25(19-24)15-17-27(28(26)29)30-18-4-2/h3-5,14-17,19-23H,2,6-13,18H2,1H3/b5-3+. The third-order valence-electron chi connectivity index (χ3n) is 7.49. The highest BCUT2D eigenvalue weighted by atomic mass is 19.1. The maximum atomic E-state index is 14.7. The molecule has 0 amide bonds. The van der Waals surface area contributed by atoms with E-state index in [0.717, 1.165) is 23.1 Å². The minimum absolute atomic E-state index is 0.266. The van der Waals surface area contributed by atoms with Crippen LogP contribution >= 0.6 is 0 Å². The van der Waals surface area contributed by atoms with Crippen LogP contribution in [0.2, 0.25) is 0 Å². The van der Waals surface area contributed by atoms with Crippen LogP contribution in [-0.2, 0) is 0 Å². The fraction of sp³-hybridized carbons (Fsp3) is 0.500. The van der Waals surface area contributed by atoms with Crippen LogP contribution in [0.1, 0.15) is 69.8 Å². The number of hydrogen-bond donors (Lipinski definition) is 0. The summed E-state index contributed by atoms with van der Waals surface area (Å²) < 4.78 is 20.2. The lowest BCUT2D eigenvalue weighted by Gasteiger charge is -2.37. The summed E-state index contributed by atoms with van der Waals surface area (Å²) in [5.41, 5.74) is 1.37. The van der Waals surface area contributed by atoms with E-state index in [1.54, 1.807) is 12.1 Å². The summed E-state index contributed by atoms with van der Waals surface area (Å²) in [5, 5.41) is 1.62. The Kier molecular flexibility index (Phi) is 6.92. The summed E-state index contributed by atoms with van der Waals surface area (Å²) in [6.45, 7) is 6.09. The molecule has 1 nitrogen and oxygen atoms in total. The van der Waals surface area contributed by atoms with Gasteiger partial charge in [-0.05, 0) is 99.0 Å². The summed E-state index contributed by atoms with van der Waals surface area (Å²) >= 11 is 0. The van der Waals surface area contributed by atoms with Crippen molar-refractivity contribution in [2.24, 2.45) is 17.8 Å². The Morgan fingerprint density at radius 3 is 2.33 bits per heavy atom. The second-order valence-electron chi connectivity index (χ2n) is 9.27. The second kappa shape index (κ2) is 9.81. The van der Waals surface area contributed by atoms with Crippen LogP contribution in [0.5, 0.6) is 5.75 Å². The van der Waals surface area contributed by atoms with Gasteiger partial charge in [-0.1, -0.05) is 49.1 Å². The molecule has 0 N–H and O–H groups in total. The molecule has 0 atom stereocenters. The van der Waals surface area contributed by atoms with E-state index < -0.39 is 0 Å². The maximum Gasteiger partial charge on any atom is 0.172 e. The normalized spacial score (nSPS) is 27.4. The second-order valence-corrected chi connectivity index (χ2v) is 9.27. The third-order valence-corrected chi connectivity index (χ3v) is 7.49. The van der Waals surface area contributed by atoms with Crippen molar-refractivity contribution in [1.29, 1.82) is 0 Å². The van der Waals surface area contributed by atoms with Gasteiger partial charge in [-0.3, -0.25) is 0 Å². The summed E-state index contributed by atoms with van der Waals surface area (Å²) in [6, 6.07) is 10.00. The van der Waals surface area contributed by atoms with E-state index >= 15 is 0 Å². The summed E-state index contributed by atoms with van der Waals surface area (Å²) in [4.78, 5) is 0. The molecule has 2 aliphatic rings. The Morgan fingerprint density at radius 2 is 1.67 bits per heavy atom. The molecule has 0 spiro atoms. The van der Waals surface area contributed by atoms with Gasteiger partial charge >= 0.3 is 0 Å². The topological polar surface area (TPSA) is 9.23 Å². The molecule has 0 radical (unpaired) electrons. The van der Waals surface area contributed by atoms with E-state index in [-0.39, 0.29) is 5.82 Å². The van der Waals surface area contributed by atoms with Gasteiger partial charge in [0.05, 0.1) is 0 Å². The van der Waals surface area contributed by atoms with Crippen LogP contribution in [0, 0.1) is 23.6 Å². The van der Waals surface area contributed by atoms with Crippen molar-refractivity contribution in [2.45, 2.75) is 64.2 Å². The lowest BCUT2D eigenvalue weighted by atomic mass is 9.68. The first-order chi connectivity index (χ1) is 14.7. The van der Waals surface area contributed by atoms with E-state index in [2.05, 4.69) is 37.8 Å². The zero-order chi connectivity index (χ0) is 20.9. The molecule has 2 heteroatoms. The number of ether oxygens (including phenoxy) is 1. The fourth-order valence-corrected chi connectivity index (χ4v) is 5.81. The van der Waals surface area contributed by atoms with E-state index in [4.69, 9.17) is 4.74 Å². The molecule has 2 fully saturated rings. The van der Waals surface area contributed by atoms with Gasteiger partial charge in [0.1, 0.15) is 6.61 Å². The molecular weight excluding hydrogens is 371 g/mol. The summed E-state index contributed by atoms with van der Waals surface area (Å²) in [5.74, 6) is 3.33. The summed E-state index contributed by atoms with van der Waals surface area (Å²) in [6.07, 6.45) is 17.1. The van der Waals surface area contributed by atoms with E-state index in [0.29, 0.717) is 23.7 Å². The van der Waals surface area contributed by atoms with Crippen molar-refractivity contribution in [2.75, 3.05) is 6.61 Å². The maximum absolute atomic E-state index is 14.7. The molecule has 0 heterocycles. The lowest BCUT2D eigenvalue weighted by Crippen LogP contribution is -2.25. The Hall–Kier alpha value is -2.09. The third kappa shape index (κ3) is 4.63. The molecule has 4 rings (SSSR count). The molecule has 0 aromatic heterocycles. The van der Waals surface area contributed by atoms with E-state index in [9.17, 15) is 4.39 Å². The first-order valence-electron chi connectivity index (χ1n) is 11.8. The quantitative estimate of drug-likeness (QED) is 0.439. The van der Waals surface area contributed by atoms with Gasteiger partial charge in [-0.25, -0.2) is 4.39 Å². The fourth-order valence-electron chi connectivity index (χ4n) is 5.81. The highest BCUT2D eigenvalue weighted by Gasteiger charge is 2.30. The molecule has 2 saturated carbocycles. The number of fused-ring (bicyclic) bond motifs is 1. The molecular formula is C28H35FO. The number of halogens is 1. The molecule has 2 aliphatic carbocycles. The van der Waals surface area contributed by atoms with Gasteiger partial charge < -0.3 is 4.74 Å². The number of rotatable bonds is 6. The first kappa shape index (κ1) is 21.2. The van der Waals surface area contributed by atoms with Crippen LogP contribution in [-0.4, -0.2) is 6.61 Å².